The lowest BCUT2D eigenvalue weighted by molar-refractivity contribution is -0.192. The number of benzene rings is 1. The lowest BCUT2D eigenvalue weighted by atomic mass is 10.2. The third-order valence-corrected chi connectivity index (χ3v) is 4.16. The summed E-state index contributed by atoms with van der Waals surface area (Å²) in [4.78, 5) is 11.3. The second kappa shape index (κ2) is 7.19. The molecule has 6 nitrogen and oxygen atoms in total. The van der Waals surface area contributed by atoms with Crippen LogP contribution in [-0.4, -0.2) is 43.0 Å². The average Bonchev–Trinajstić information content (AvgIpc) is 2.99. The first-order valence-corrected chi connectivity index (χ1v) is 8.21. The van der Waals surface area contributed by atoms with E-state index < -0.39 is 5.79 Å². The molecule has 1 aromatic carbocycles. The minimum absolute atomic E-state index is 0.152. The molecule has 3 rings (SSSR count). The van der Waals surface area contributed by atoms with E-state index in [2.05, 4.69) is 0 Å². The highest BCUT2D eigenvalue weighted by atomic mass is 16.8. The maximum atomic E-state index is 11.3. The zero-order valence-electron chi connectivity index (χ0n) is 14.3. The van der Waals surface area contributed by atoms with Gasteiger partial charge in [-0.2, -0.15) is 0 Å². The van der Waals surface area contributed by atoms with E-state index in [0.29, 0.717) is 13.0 Å². The molecular formula is C18H24O6. The Morgan fingerprint density at radius 2 is 1.83 bits per heavy atom. The monoisotopic (exact) mass is 336 g/mol. The van der Waals surface area contributed by atoms with Crippen molar-refractivity contribution in [3.63, 3.8) is 0 Å². The van der Waals surface area contributed by atoms with Gasteiger partial charge in [0.05, 0.1) is 12.7 Å². The fourth-order valence-corrected chi connectivity index (χ4v) is 3.25. The summed E-state index contributed by atoms with van der Waals surface area (Å²) in [5.74, 6) is -1.03. The fraction of sp³-hybridized carbons (Fsp3) is 0.611. The summed E-state index contributed by atoms with van der Waals surface area (Å²) in [7, 11) is 0. The van der Waals surface area contributed by atoms with Gasteiger partial charge in [-0.15, -0.1) is 0 Å². The van der Waals surface area contributed by atoms with Gasteiger partial charge in [-0.3, -0.25) is 4.79 Å². The maximum Gasteiger partial charge on any atom is 0.302 e. The molecule has 0 aromatic heterocycles. The summed E-state index contributed by atoms with van der Waals surface area (Å²) < 4.78 is 28.5. The van der Waals surface area contributed by atoms with Crippen LogP contribution >= 0.6 is 0 Å². The fourth-order valence-electron chi connectivity index (χ4n) is 3.25. The third kappa shape index (κ3) is 4.13. The molecule has 1 saturated heterocycles. The van der Waals surface area contributed by atoms with Crippen molar-refractivity contribution < 1.29 is 28.5 Å². The van der Waals surface area contributed by atoms with Crippen molar-refractivity contribution in [2.75, 3.05) is 6.79 Å². The Labute approximate surface area is 142 Å². The van der Waals surface area contributed by atoms with Gasteiger partial charge in [-0.05, 0) is 19.4 Å². The first-order valence-electron chi connectivity index (χ1n) is 8.21. The van der Waals surface area contributed by atoms with E-state index in [9.17, 15) is 4.79 Å². The largest absolute Gasteiger partial charge is 0.460 e. The molecule has 6 heteroatoms. The smallest absolute Gasteiger partial charge is 0.302 e. The molecule has 0 N–H and O–H groups in total. The minimum Gasteiger partial charge on any atom is -0.460 e. The van der Waals surface area contributed by atoms with E-state index >= 15 is 0 Å². The molecule has 0 unspecified atom stereocenters. The van der Waals surface area contributed by atoms with Crippen LogP contribution in [0.15, 0.2) is 30.3 Å². The Hall–Kier alpha value is -1.47. The minimum atomic E-state index is -0.708. The van der Waals surface area contributed by atoms with E-state index in [1.807, 2.05) is 44.2 Å². The van der Waals surface area contributed by atoms with Crippen LogP contribution in [0.25, 0.3) is 0 Å². The van der Waals surface area contributed by atoms with Gasteiger partial charge in [0.25, 0.3) is 0 Å². The predicted molar refractivity (Wildman–Crippen MR) is 85.0 cm³/mol. The summed E-state index contributed by atoms with van der Waals surface area (Å²) in [5.41, 5.74) is 1.09. The molecule has 1 aromatic rings. The number of rotatable bonds is 6. The van der Waals surface area contributed by atoms with Crippen LogP contribution in [0.4, 0.5) is 0 Å². The molecule has 0 spiro atoms. The van der Waals surface area contributed by atoms with Gasteiger partial charge in [0.15, 0.2) is 5.79 Å². The zero-order chi connectivity index (χ0) is 17.2. The summed E-state index contributed by atoms with van der Waals surface area (Å²) in [5, 5.41) is 0. The molecule has 0 amide bonds. The molecule has 1 aliphatic carbocycles. The third-order valence-electron chi connectivity index (χ3n) is 4.16. The van der Waals surface area contributed by atoms with E-state index in [4.69, 9.17) is 23.7 Å². The molecule has 132 valence electrons. The number of fused-ring (bicyclic) bond motifs is 1. The highest BCUT2D eigenvalue weighted by molar-refractivity contribution is 5.66. The Bertz CT molecular complexity index is 558. The second-order valence-corrected chi connectivity index (χ2v) is 6.61. The van der Waals surface area contributed by atoms with E-state index in [-0.39, 0.29) is 37.2 Å². The summed E-state index contributed by atoms with van der Waals surface area (Å²) in [6.45, 7) is 5.72. The standard InChI is InChI=1S/C18H24O6/c1-12(19)22-15-9-14(16-17(15)24-18(2,3)23-16)21-11-20-10-13-7-5-4-6-8-13/h4-8,14-17H,9-11H2,1-3H3/t14-,15+,16+,17-/m0/s1. The molecule has 4 atom stereocenters. The van der Waals surface area contributed by atoms with E-state index in [1.165, 1.54) is 6.92 Å². The normalized spacial score (nSPS) is 31.0. The number of ether oxygens (including phenoxy) is 5. The average molecular weight is 336 g/mol. The zero-order valence-corrected chi connectivity index (χ0v) is 14.3. The van der Waals surface area contributed by atoms with Gasteiger partial charge in [0, 0.05) is 13.3 Å². The molecule has 2 fully saturated rings. The molecule has 1 heterocycles. The number of esters is 1. The van der Waals surface area contributed by atoms with Gasteiger partial charge in [-0.1, -0.05) is 30.3 Å². The van der Waals surface area contributed by atoms with Crippen LogP contribution in [0.5, 0.6) is 0 Å². The predicted octanol–water partition coefficient (Wildman–Crippen LogP) is 2.40. The van der Waals surface area contributed by atoms with Crippen LogP contribution in [-0.2, 0) is 35.1 Å². The van der Waals surface area contributed by atoms with Gasteiger partial charge in [-0.25, -0.2) is 0 Å². The van der Waals surface area contributed by atoms with Crippen LogP contribution in [0.3, 0.4) is 0 Å². The second-order valence-electron chi connectivity index (χ2n) is 6.61. The van der Waals surface area contributed by atoms with Crippen LogP contribution in [0.2, 0.25) is 0 Å². The van der Waals surface area contributed by atoms with Crippen LogP contribution in [0.1, 0.15) is 32.8 Å². The Morgan fingerprint density at radius 3 is 2.50 bits per heavy atom. The van der Waals surface area contributed by atoms with E-state index in [0.717, 1.165) is 5.56 Å². The Balaban J connectivity index is 1.52. The summed E-state index contributed by atoms with van der Waals surface area (Å²) in [6.07, 6.45) is -0.599. The van der Waals surface area contributed by atoms with Crippen molar-refractivity contribution in [1.29, 1.82) is 0 Å². The molecule has 1 saturated carbocycles. The maximum absolute atomic E-state index is 11.3. The Kier molecular flexibility index (Phi) is 5.20. The molecule has 2 aliphatic rings. The number of carbonyl (C=O) groups excluding carboxylic acids is 1. The first-order chi connectivity index (χ1) is 11.4. The summed E-state index contributed by atoms with van der Waals surface area (Å²) in [6, 6.07) is 9.90. The van der Waals surface area contributed by atoms with Crippen molar-refractivity contribution >= 4 is 5.97 Å². The van der Waals surface area contributed by atoms with Gasteiger partial charge in [0.2, 0.25) is 0 Å². The van der Waals surface area contributed by atoms with Crippen LogP contribution < -0.4 is 0 Å². The van der Waals surface area contributed by atoms with Crippen molar-refractivity contribution in [3.05, 3.63) is 35.9 Å². The highest BCUT2D eigenvalue weighted by Gasteiger charge is 2.56. The lowest BCUT2D eigenvalue weighted by Crippen LogP contribution is -2.32. The quantitative estimate of drug-likeness (QED) is 0.452. The van der Waals surface area contributed by atoms with Gasteiger partial charge in [0.1, 0.15) is 25.1 Å². The van der Waals surface area contributed by atoms with Crippen LogP contribution in [0, 0.1) is 0 Å². The van der Waals surface area contributed by atoms with Crippen molar-refractivity contribution in [1.82, 2.24) is 0 Å². The number of hydrogen-bond acceptors (Lipinski definition) is 6. The van der Waals surface area contributed by atoms with Gasteiger partial charge < -0.3 is 23.7 Å². The van der Waals surface area contributed by atoms with Crippen molar-refractivity contribution in [2.45, 2.75) is 64.0 Å². The number of hydrogen-bond donors (Lipinski definition) is 0. The van der Waals surface area contributed by atoms with Gasteiger partial charge >= 0.3 is 5.97 Å². The molecular weight excluding hydrogens is 312 g/mol. The molecule has 0 radical (unpaired) electrons. The van der Waals surface area contributed by atoms with Crippen molar-refractivity contribution in [3.8, 4) is 0 Å². The summed E-state index contributed by atoms with van der Waals surface area (Å²) >= 11 is 0. The van der Waals surface area contributed by atoms with E-state index in [1.54, 1.807) is 0 Å². The first kappa shape index (κ1) is 17.4. The van der Waals surface area contributed by atoms with Crippen molar-refractivity contribution in [2.24, 2.45) is 0 Å². The highest BCUT2D eigenvalue weighted by Crippen LogP contribution is 2.41. The molecule has 0 bridgehead atoms. The topological polar surface area (TPSA) is 63.2 Å². The number of carbonyl (C=O) groups is 1. The SMILES string of the molecule is CC(=O)O[C@@H]1C[C@H](OCOCc2ccccc2)[C@H]2OC(C)(C)O[C@H]21. The lowest BCUT2D eigenvalue weighted by Gasteiger charge is -2.23. The molecule has 24 heavy (non-hydrogen) atoms. The Morgan fingerprint density at radius 1 is 1.17 bits per heavy atom. The molecule has 1 aliphatic heterocycles.